The molecule has 0 radical (unpaired) electrons. The summed E-state index contributed by atoms with van der Waals surface area (Å²) in [5.41, 5.74) is 0. The van der Waals surface area contributed by atoms with Gasteiger partial charge in [0.2, 0.25) is 0 Å². The number of ether oxygens (including phenoxy) is 4. The quantitative estimate of drug-likeness (QED) is 0.0196. The van der Waals surface area contributed by atoms with E-state index in [1.165, 1.54) is 128 Å². The van der Waals surface area contributed by atoms with E-state index in [-0.39, 0.29) is 19.6 Å². The minimum Gasteiger partial charge on any atom is -0.457 e. The SMILES string of the molecule is CC/C=C\C/C=C\C/C=C\C/C=C\CCCCCCCCCCC(=O)OC(COCCCCCCCCCCCCCC/C=C\C/C=C\CCCCCCC)COC1OC(CO)C(O)C(OS(=O)(=O)O)C1O. The molecular weight excluding hydrogens is 933 g/mol. The zero-order valence-corrected chi connectivity index (χ0v) is 46.0. The van der Waals surface area contributed by atoms with E-state index in [1.807, 2.05) is 0 Å². The molecule has 0 spiro atoms. The average Bonchev–Trinajstić information content (AvgIpc) is 3.36. The number of esters is 1. The Labute approximate surface area is 439 Å². The van der Waals surface area contributed by atoms with Gasteiger partial charge in [-0.15, -0.1) is 0 Å². The monoisotopic (exact) mass is 1040 g/mol. The van der Waals surface area contributed by atoms with E-state index in [2.05, 4.69) is 90.9 Å². The van der Waals surface area contributed by atoms with E-state index >= 15 is 0 Å². The number of carbonyl (C=O) groups is 1. The smallest absolute Gasteiger partial charge is 0.397 e. The first kappa shape index (κ1) is 67.6. The molecule has 418 valence electrons. The van der Waals surface area contributed by atoms with Crippen LogP contribution in [0.3, 0.4) is 0 Å². The van der Waals surface area contributed by atoms with Gasteiger partial charge in [0.1, 0.15) is 30.5 Å². The lowest BCUT2D eigenvalue weighted by molar-refractivity contribution is -0.301. The highest BCUT2D eigenvalue weighted by Crippen LogP contribution is 2.26. The number of aliphatic hydroxyl groups excluding tert-OH is 3. The lowest BCUT2D eigenvalue weighted by Crippen LogP contribution is -2.60. The van der Waals surface area contributed by atoms with Gasteiger partial charge < -0.3 is 34.3 Å². The number of unbranched alkanes of at least 4 members (excludes halogenated alkanes) is 25. The van der Waals surface area contributed by atoms with Gasteiger partial charge in [0, 0.05) is 13.0 Å². The molecule has 1 fully saturated rings. The zero-order chi connectivity index (χ0) is 52.4. The third-order valence-corrected chi connectivity index (χ3v) is 13.3. The third kappa shape index (κ3) is 41.8. The Morgan fingerprint density at radius 3 is 1.40 bits per heavy atom. The molecule has 6 atom stereocenters. The van der Waals surface area contributed by atoms with Crippen molar-refractivity contribution in [3.05, 3.63) is 72.9 Å². The number of hydrogen-bond donors (Lipinski definition) is 4. The molecular formula is C59H104O12S. The Morgan fingerprint density at radius 2 is 0.958 bits per heavy atom. The molecule has 1 aliphatic heterocycles. The number of carbonyl (C=O) groups excluding carboxylic acids is 1. The Hall–Kier alpha value is -2.46. The molecule has 13 heteroatoms. The Balaban J connectivity index is 2.31. The Bertz CT molecular complexity index is 1520. The third-order valence-electron chi connectivity index (χ3n) is 12.8. The highest BCUT2D eigenvalue weighted by Gasteiger charge is 2.48. The molecule has 0 aromatic carbocycles. The first-order valence-corrected chi connectivity index (χ1v) is 30.1. The topological polar surface area (TPSA) is 178 Å². The second-order valence-corrected chi connectivity index (χ2v) is 20.5. The molecule has 1 heterocycles. The lowest BCUT2D eigenvalue weighted by Gasteiger charge is -2.41. The van der Waals surface area contributed by atoms with Crippen molar-refractivity contribution in [1.82, 2.24) is 0 Å². The molecule has 0 aromatic rings. The molecule has 0 amide bonds. The van der Waals surface area contributed by atoms with Crippen LogP contribution in [0.15, 0.2) is 72.9 Å². The Kier molecular flexibility index (Phi) is 46.4. The predicted molar refractivity (Wildman–Crippen MR) is 294 cm³/mol. The van der Waals surface area contributed by atoms with Crippen molar-refractivity contribution < 1.29 is 56.2 Å². The largest absolute Gasteiger partial charge is 0.457 e. The van der Waals surface area contributed by atoms with Crippen LogP contribution in [0.5, 0.6) is 0 Å². The number of allylic oxidation sites excluding steroid dienone is 12. The van der Waals surface area contributed by atoms with Gasteiger partial charge in [-0.05, 0) is 83.5 Å². The fourth-order valence-electron chi connectivity index (χ4n) is 8.52. The molecule has 0 aliphatic carbocycles. The van der Waals surface area contributed by atoms with Gasteiger partial charge in [-0.2, -0.15) is 8.42 Å². The van der Waals surface area contributed by atoms with Gasteiger partial charge in [0.05, 0.1) is 19.8 Å². The molecule has 1 aliphatic rings. The van der Waals surface area contributed by atoms with E-state index in [4.69, 9.17) is 18.9 Å². The summed E-state index contributed by atoms with van der Waals surface area (Å²) in [4.78, 5) is 13.0. The normalized spacial score (nSPS) is 19.4. The summed E-state index contributed by atoms with van der Waals surface area (Å²) < 4.78 is 59.4. The van der Waals surface area contributed by atoms with E-state index in [1.54, 1.807) is 0 Å². The first-order chi connectivity index (χ1) is 35.1. The fourth-order valence-corrected chi connectivity index (χ4v) is 9.03. The minimum atomic E-state index is -5.07. The lowest BCUT2D eigenvalue weighted by atomic mass is 9.99. The molecule has 1 saturated heterocycles. The number of hydrogen-bond acceptors (Lipinski definition) is 11. The van der Waals surface area contributed by atoms with Crippen LogP contribution in [0.4, 0.5) is 0 Å². The Morgan fingerprint density at radius 1 is 0.542 bits per heavy atom. The van der Waals surface area contributed by atoms with Gasteiger partial charge in [0.25, 0.3) is 0 Å². The molecule has 12 nitrogen and oxygen atoms in total. The van der Waals surface area contributed by atoms with Crippen molar-refractivity contribution in [2.75, 3.05) is 26.4 Å². The van der Waals surface area contributed by atoms with Crippen LogP contribution in [0, 0.1) is 0 Å². The second kappa shape index (κ2) is 49.4. The summed E-state index contributed by atoms with van der Waals surface area (Å²) in [6.07, 6.45) is 56.5. The van der Waals surface area contributed by atoms with Crippen LogP contribution in [0.25, 0.3) is 0 Å². The molecule has 6 unspecified atom stereocenters. The number of aliphatic hydroxyl groups is 3. The van der Waals surface area contributed by atoms with Crippen molar-refractivity contribution in [3.8, 4) is 0 Å². The van der Waals surface area contributed by atoms with Gasteiger partial charge in [-0.3, -0.25) is 9.35 Å². The van der Waals surface area contributed by atoms with Crippen molar-refractivity contribution in [2.24, 2.45) is 0 Å². The van der Waals surface area contributed by atoms with Crippen LogP contribution >= 0.6 is 0 Å². The fraction of sp³-hybridized carbons (Fsp3) is 0.780. The minimum absolute atomic E-state index is 0.0293. The maximum atomic E-state index is 13.0. The molecule has 0 saturated carbocycles. The molecule has 1 rings (SSSR count). The highest BCUT2D eigenvalue weighted by atomic mass is 32.3. The standard InChI is InChI=1S/C59H104O12S/c1-3-5-7-9-11-13-15-17-19-21-23-25-26-27-29-31-33-35-37-39-41-43-45-47-49-67-51-53(52-68-59-57(63)58(71-72(64,65)66)56(62)54(50-60)70-59)69-55(61)48-46-44-42-40-38-36-34-32-30-28-24-22-20-18-16-14-12-10-8-6-4-2/h6,8,12,14-15,17-18,20-21,23-24,28,53-54,56-60,62-63H,3-5,7,9-11,13,16,19,22,25-27,29-52H2,1-2H3,(H,64,65,66)/b8-6-,14-12-,17-15-,20-18-,23-21-,28-24-. The van der Waals surface area contributed by atoms with Crippen molar-refractivity contribution in [2.45, 2.75) is 269 Å². The summed E-state index contributed by atoms with van der Waals surface area (Å²) in [5.74, 6) is -0.408. The van der Waals surface area contributed by atoms with Gasteiger partial charge in [-0.1, -0.05) is 215 Å². The summed E-state index contributed by atoms with van der Waals surface area (Å²) in [6.45, 7) is 3.88. The maximum absolute atomic E-state index is 13.0. The molecule has 72 heavy (non-hydrogen) atoms. The van der Waals surface area contributed by atoms with Gasteiger partial charge in [-0.25, -0.2) is 4.18 Å². The van der Waals surface area contributed by atoms with E-state index in [0.717, 1.165) is 77.0 Å². The van der Waals surface area contributed by atoms with Crippen molar-refractivity contribution in [1.29, 1.82) is 0 Å². The average molecular weight is 1040 g/mol. The zero-order valence-electron chi connectivity index (χ0n) is 45.2. The second-order valence-electron chi connectivity index (χ2n) is 19.5. The van der Waals surface area contributed by atoms with E-state index in [0.29, 0.717) is 13.0 Å². The highest BCUT2D eigenvalue weighted by molar-refractivity contribution is 7.80. The van der Waals surface area contributed by atoms with E-state index in [9.17, 15) is 33.1 Å². The van der Waals surface area contributed by atoms with Gasteiger partial charge >= 0.3 is 16.4 Å². The molecule has 0 aromatic heterocycles. The summed E-state index contributed by atoms with van der Waals surface area (Å²) in [7, 11) is -5.07. The molecule has 0 bridgehead atoms. The van der Waals surface area contributed by atoms with Gasteiger partial charge in [0.15, 0.2) is 6.29 Å². The summed E-state index contributed by atoms with van der Waals surface area (Å²) in [6, 6.07) is 0. The first-order valence-electron chi connectivity index (χ1n) is 28.7. The molecule has 4 N–H and O–H groups in total. The summed E-state index contributed by atoms with van der Waals surface area (Å²) >= 11 is 0. The van der Waals surface area contributed by atoms with E-state index < -0.39 is 59.8 Å². The van der Waals surface area contributed by atoms with Crippen LogP contribution < -0.4 is 0 Å². The van der Waals surface area contributed by atoms with Crippen molar-refractivity contribution >= 4 is 16.4 Å². The van der Waals surface area contributed by atoms with Crippen LogP contribution in [0.2, 0.25) is 0 Å². The van der Waals surface area contributed by atoms with Crippen molar-refractivity contribution in [3.63, 3.8) is 0 Å². The predicted octanol–water partition coefficient (Wildman–Crippen LogP) is 14.2. The summed E-state index contributed by atoms with van der Waals surface area (Å²) in [5, 5.41) is 30.8. The van der Waals surface area contributed by atoms with Crippen LogP contribution in [-0.4, -0.2) is 97.5 Å². The maximum Gasteiger partial charge on any atom is 0.397 e. The number of rotatable bonds is 50. The van der Waals surface area contributed by atoms with Crippen LogP contribution in [0.1, 0.15) is 232 Å². The van der Waals surface area contributed by atoms with Crippen LogP contribution in [-0.2, 0) is 38.3 Å².